The van der Waals surface area contributed by atoms with E-state index < -0.39 is 11.9 Å². The SMILES string of the molecule is Cn1nc(C(F)(F)F)cc1-c1ccc(Cn2cn[nH]c2=O)s1. The van der Waals surface area contributed by atoms with Gasteiger partial charge in [0.05, 0.1) is 17.1 Å². The number of nitrogens with one attached hydrogen (secondary N) is 1. The molecule has 22 heavy (non-hydrogen) atoms. The van der Waals surface area contributed by atoms with E-state index >= 15 is 0 Å². The molecule has 0 radical (unpaired) electrons. The minimum Gasteiger partial charge on any atom is -0.276 e. The topological polar surface area (TPSA) is 68.5 Å². The molecule has 1 N–H and O–H groups in total. The molecule has 0 aliphatic carbocycles. The third kappa shape index (κ3) is 2.69. The number of nitrogens with zero attached hydrogens (tertiary/aromatic N) is 4. The number of aromatic nitrogens is 5. The highest BCUT2D eigenvalue weighted by Gasteiger charge is 2.34. The number of hydrogen-bond acceptors (Lipinski definition) is 4. The fraction of sp³-hybridized carbons (Fsp3) is 0.250. The van der Waals surface area contributed by atoms with E-state index in [1.54, 1.807) is 12.1 Å². The number of aromatic amines is 1. The Labute approximate surface area is 125 Å². The van der Waals surface area contributed by atoms with Crippen molar-refractivity contribution < 1.29 is 13.2 Å². The lowest BCUT2D eigenvalue weighted by atomic mass is 10.3. The Hall–Kier alpha value is -2.36. The van der Waals surface area contributed by atoms with E-state index in [2.05, 4.69) is 15.3 Å². The first-order chi connectivity index (χ1) is 10.3. The summed E-state index contributed by atoms with van der Waals surface area (Å²) in [7, 11) is 1.46. The number of aryl methyl sites for hydroxylation is 1. The van der Waals surface area contributed by atoms with Crippen molar-refractivity contribution >= 4 is 11.3 Å². The number of alkyl halides is 3. The molecule has 3 heterocycles. The zero-order chi connectivity index (χ0) is 15.9. The van der Waals surface area contributed by atoms with Gasteiger partial charge in [0.1, 0.15) is 6.33 Å². The van der Waals surface area contributed by atoms with Crippen molar-refractivity contribution in [2.75, 3.05) is 0 Å². The molecule has 0 unspecified atom stereocenters. The molecule has 0 bridgehead atoms. The highest BCUT2D eigenvalue weighted by molar-refractivity contribution is 7.15. The van der Waals surface area contributed by atoms with E-state index in [9.17, 15) is 18.0 Å². The van der Waals surface area contributed by atoms with E-state index in [-0.39, 0.29) is 5.69 Å². The van der Waals surface area contributed by atoms with Crippen LogP contribution in [0.3, 0.4) is 0 Å². The molecule has 0 spiro atoms. The number of H-pyrrole nitrogens is 1. The van der Waals surface area contributed by atoms with Crippen LogP contribution >= 0.6 is 11.3 Å². The lowest BCUT2D eigenvalue weighted by Gasteiger charge is -1.99. The van der Waals surface area contributed by atoms with Gasteiger partial charge in [0, 0.05) is 11.9 Å². The Bertz CT molecular complexity index is 857. The van der Waals surface area contributed by atoms with Gasteiger partial charge >= 0.3 is 11.9 Å². The molecule has 3 aromatic rings. The van der Waals surface area contributed by atoms with Crippen LogP contribution in [0.25, 0.3) is 10.6 Å². The first-order valence-electron chi connectivity index (χ1n) is 6.15. The fourth-order valence-corrected chi connectivity index (χ4v) is 3.04. The second kappa shape index (κ2) is 5.13. The van der Waals surface area contributed by atoms with Crippen molar-refractivity contribution in [3.63, 3.8) is 0 Å². The van der Waals surface area contributed by atoms with Crippen LogP contribution in [0.2, 0.25) is 0 Å². The van der Waals surface area contributed by atoms with E-state index in [1.165, 1.54) is 34.0 Å². The van der Waals surface area contributed by atoms with Gasteiger partial charge in [-0.3, -0.25) is 9.25 Å². The summed E-state index contributed by atoms with van der Waals surface area (Å²) in [5, 5.41) is 9.38. The van der Waals surface area contributed by atoms with Gasteiger partial charge < -0.3 is 0 Å². The average molecular weight is 329 g/mol. The van der Waals surface area contributed by atoms with Gasteiger partial charge in [-0.1, -0.05) is 0 Å². The van der Waals surface area contributed by atoms with Gasteiger partial charge in [-0.2, -0.15) is 23.4 Å². The summed E-state index contributed by atoms with van der Waals surface area (Å²) in [6.45, 7) is 0.310. The maximum absolute atomic E-state index is 12.7. The Kier molecular flexibility index (Phi) is 3.39. The fourth-order valence-electron chi connectivity index (χ4n) is 1.99. The quantitative estimate of drug-likeness (QED) is 0.800. The Balaban J connectivity index is 1.89. The van der Waals surface area contributed by atoms with Crippen LogP contribution in [0.4, 0.5) is 13.2 Å². The Morgan fingerprint density at radius 1 is 1.36 bits per heavy atom. The molecule has 0 atom stereocenters. The molecule has 0 aliphatic heterocycles. The minimum atomic E-state index is -4.47. The van der Waals surface area contributed by atoms with Crippen LogP contribution in [0.15, 0.2) is 29.3 Å². The van der Waals surface area contributed by atoms with Crippen molar-refractivity contribution in [3.8, 4) is 10.6 Å². The van der Waals surface area contributed by atoms with Gasteiger partial charge in [0.15, 0.2) is 5.69 Å². The van der Waals surface area contributed by atoms with Crippen LogP contribution < -0.4 is 5.69 Å². The maximum Gasteiger partial charge on any atom is 0.435 e. The number of thiophene rings is 1. The van der Waals surface area contributed by atoms with Crippen molar-refractivity contribution in [1.82, 2.24) is 24.5 Å². The van der Waals surface area contributed by atoms with Crippen LogP contribution in [-0.4, -0.2) is 24.5 Å². The lowest BCUT2D eigenvalue weighted by Crippen LogP contribution is -2.16. The molecule has 6 nitrogen and oxygen atoms in total. The van der Waals surface area contributed by atoms with Crippen LogP contribution in [0.5, 0.6) is 0 Å². The first-order valence-corrected chi connectivity index (χ1v) is 6.96. The monoisotopic (exact) mass is 329 g/mol. The lowest BCUT2D eigenvalue weighted by molar-refractivity contribution is -0.141. The second-order valence-electron chi connectivity index (χ2n) is 4.59. The Morgan fingerprint density at radius 3 is 2.73 bits per heavy atom. The van der Waals surface area contributed by atoms with Crippen LogP contribution in [0.1, 0.15) is 10.6 Å². The summed E-state index contributed by atoms with van der Waals surface area (Å²) in [6, 6.07) is 4.49. The van der Waals surface area contributed by atoms with Gasteiger partial charge in [-0.25, -0.2) is 9.89 Å². The molecule has 0 saturated heterocycles. The molecule has 0 saturated carbocycles. The van der Waals surface area contributed by atoms with Crippen LogP contribution in [0, 0.1) is 0 Å². The van der Waals surface area contributed by atoms with Gasteiger partial charge in [0.2, 0.25) is 0 Å². The summed E-state index contributed by atoms with van der Waals surface area (Å²) < 4.78 is 40.6. The molecule has 10 heteroatoms. The molecule has 116 valence electrons. The predicted octanol–water partition coefficient (Wildman–Crippen LogP) is 2.10. The first kappa shape index (κ1) is 14.6. The van der Waals surface area contributed by atoms with Gasteiger partial charge in [-0.15, -0.1) is 11.3 Å². The largest absolute Gasteiger partial charge is 0.435 e. The summed E-state index contributed by atoms with van der Waals surface area (Å²) >= 11 is 1.30. The molecule has 0 amide bonds. The third-order valence-corrected chi connectivity index (χ3v) is 4.12. The zero-order valence-corrected chi connectivity index (χ0v) is 12.1. The van der Waals surface area contributed by atoms with Crippen molar-refractivity contribution in [2.45, 2.75) is 12.7 Å². The molecule has 0 aromatic carbocycles. The minimum absolute atomic E-state index is 0.310. The number of halogens is 3. The van der Waals surface area contributed by atoms with Crippen molar-refractivity contribution in [1.29, 1.82) is 0 Å². The van der Waals surface area contributed by atoms with Crippen LogP contribution in [-0.2, 0) is 19.8 Å². The van der Waals surface area contributed by atoms with Gasteiger partial charge in [-0.05, 0) is 18.2 Å². The summed E-state index contributed by atoms with van der Waals surface area (Å²) in [6.07, 6.45) is -3.10. The predicted molar refractivity (Wildman–Crippen MR) is 73.5 cm³/mol. The van der Waals surface area contributed by atoms with Gasteiger partial charge in [0.25, 0.3) is 0 Å². The molecule has 3 aromatic heterocycles. The molecule has 0 aliphatic rings. The molecule has 3 rings (SSSR count). The van der Waals surface area contributed by atoms with Crippen molar-refractivity contribution in [2.24, 2.45) is 7.05 Å². The van der Waals surface area contributed by atoms with E-state index in [1.807, 2.05) is 0 Å². The highest BCUT2D eigenvalue weighted by atomic mass is 32.1. The standard InChI is InChI=1S/C12H10F3N5OS/c1-19-8(4-10(18-19)12(13,14)15)9-3-2-7(22-9)5-20-6-16-17-11(20)21/h2-4,6H,5H2,1H3,(H,17,21). The summed E-state index contributed by atoms with van der Waals surface area (Å²) in [4.78, 5) is 12.9. The van der Waals surface area contributed by atoms with E-state index in [0.717, 1.165) is 10.9 Å². The Morgan fingerprint density at radius 2 is 2.14 bits per heavy atom. The third-order valence-electron chi connectivity index (χ3n) is 3.03. The summed E-state index contributed by atoms with van der Waals surface area (Å²) in [5.41, 5.74) is -0.885. The molecular weight excluding hydrogens is 319 g/mol. The average Bonchev–Trinajstić information content (AvgIpc) is 3.11. The number of hydrogen-bond donors (Lipinski definition) is 1. The second-order valence-corrected chi connectivity index (χ2v) is 5.76. The molecular formula is C12H10F3N5OS. The summed E-state index contributed by atoms with van der Waals surface area (Å²) in [5.74, 6) is 0. The van der Waals surface area contributed by atoms with E-state index in [0.29, 0.717) is 17.1 Å². The smallest absolute Gasteiger partial charge is 0.276 e. The number of rotatable bonds is 3. The maximum atomic E-state index is 12.7. The van der Waals surface area contributed by atoms with Crippen molar-refractivity contribution in [3.05, 3.63) is 45.6 Å². The highest BCUT2D eigenvalue weighted by Crippen LogP contribution is 2.34. The normalized spacial score (nSPS) is 12.0. The molecule has 0 fully saturated rings. The van der Waals surface area contributed by atoms with E-state index in [4.69, 9.17) is 0 Å². The zero-order valence-electron chi connectivity index (χ0n) is 11.3.